The van der Waals surface area contributed by atoms with Crippen molar-refractivity contribution in [2.24, 2.45) is 11.7 Å². The van der Waals surface area contributed by atoms with Gasteiger partial charge in [0, 0.05) is 24.7 Å². The van der Waals surface area contributed by atoms with Crippen LogP contribution < -0.4 is 5.73 Å². The fraction of sp³-hybridized carbons (Fsp3) is 0.273. The van der Waals surface area contributed by atoms with Gasteiger partial charge < -0.3 is 20.3 Å². The minimum absolute atomic E-state index is 0. The van der Waals surface area contributed by atoms with E-state index in [1.807, 2.05) is 30.3 Å². The molecule has 2 heterocycles. The lowest BCUT2D eigenvalue weighted by atomic mass is 10.0. The van der Waals surface area contributed by atoms with Crippen LogP contribution in [-0.2, 0) is 4.79 Å². The van der Waals surface area contributed by atoms with Gasteiger partial charge in [0.05, 0.1) is 17.0 Å². The summed E-state index contributed by atoms with van der Waals surface area (Å²) < 4.78 is 5.44. The van der Waals surface area contributed by atoms with E-state index in [0.29, 0.717) is 36.3 Å². The molecule has 31 heavy (non-hydrogen) atoms. The zero-order valence-electron chi connectivity index (χ0n) is 16.7. The summed E-state index contributed by atoms with van der Waals surface area (Å²) in [5.74, 6) is -1.20. The normalized spacial score (nSPS) is 18.7. The molecule has 3 aromatic rings. The quantitative estimate of drug-likeness (QED) is 0.636. The molecule has 0 radical (unpaired) electrons. The Bertz CT molecular complexity index is 1060. The predicted octanol–water partition coefficient (Wildman–Crippen LogP) is 3.09. The number of rotatable bonds is 4. The lowest BCUT2D eigenvalue weighted by Crippen LogP contribution is -2.41. The van der Waals surface area contributed by atoms with Crippen LogP contribution in [0, 0.1) is 5.92 Å². The van der Waals surface area contributed by atoms with Crippen molar-refractivity contribution in [1.82, 2.24) is 15.0 Å². The second-order valence-electron chi connectivity index (χ2n) is 7.42. The van der Waals surface area contributed by atoms with Crippen molar-refractivity contribution in [2.75, 3.05) is 13.1 Å². The number of halogens is 1. The Kier molecular flexibility index (Phi) is 7.04. The van der Waals surface area contributed by atoms with E-state index in [1.165, 1.54) is 4.90 Å². The fourth-order valence-corrected chi connectivity index (χ4v) is 3.65. The average molecular weight is 443 g/mol. The van der Waals surface area contributed by atoms with Crippen molar-refractivity contribution in [3.05, 3.63) is 60.2 Å². The Hall–Kier alpha value is -3.23. The Labute approximate surface area is 185 Å². The largest absolute Gasteiger partial charge is 0.481 e. The number of amides is 1. The van der Waals surface area contributed by atoms with E-state index in [9.17, 15) is 14.7 Å². The first-order valence-electron chi connectivity index (χ1n) is 9.79. The van der Waals surface area contributed by atoms with E-state index in [-0.39, 0.29) is 36.8 Å². The van der Waals surface area contributed by atoms with Crippen LogP contribution in [0.4, 0.5) is 0 Å². The third kappa shape index (κ3) is 4.92. The summed E-state index contributed by atoms with van der Waals surface area (Å²) in [6.07, 6.45) is 1.01. The van der Waals surface area contributed by atoms with Crippen LogP contribution in [0.5, 0.6) is 0 Å². The lowest BCUT2D eigenvalue weighted by molar-refractivity contribution is -0.142. The molecule has 1 aromatic heterocycles. The third-order valence-electron chi connectivity index (χ3n) is 5.26. The first-order chi connectivity index (χ1) is 14.5. The van der Waals surface area contributed by atoms with Crippen LogP contribution in [0.15, 0.2) is 59.1 Å². The van der Waals surface area contributed by atoms with Crippen LogP contribution in [0.3, 0.4) is 0 Å². The van der Waals surface area contributed by atoms with Gasteiger partial charge in [0.1, 0.15) is 0 Å². The molecule has 0 spiro atoms. The number of carbonyl (C=O) groups is 2. The van der Waals surface area contributed by atoms with Crippen LogP contribution >= 0.6 is 12.4 Å². The highest BCUT2D eigenvalue weighted by Gasteiger charge is 2.31. The van der Waals surface area contributed by atoms with Crippen molar-refractivity contribution in [2.45, 2.75) is 18.9 Å². The van der Waals surface area contributed by atoms with Crippen molar-refractivity contribution in [3.8, 4) is 22.8 Å². The first kappa shape index (κ1) is 22.5. The van der Waals surface area contributed by atoms with Crippen molar-refractivity contribution >= 4 is 24.3 Å². The number of carboxylic acids is 1. The van der Waals surface area contributed by atoms with Gasteiger partial charge in [0.2, 0.25) is 5.82 Å². The molecule has 0 saturated carbocycles. The molecule has 4 rings (SSSR count). The Morgan fingerprint density at radius 2 is 1.74 bits per heavy atom. The van der Waals surface area contributed by atoms with E-state index >= 15 is 0 Å². The van der Waals surface area contributed by atoms with Gasteiger partial charge in [-0.1, -0.05) is 47.6 Å². The predicted molar refractivity (Wildman–Crippen MR) is 117 cm³/mol. The molecular weight excluding hydrogens is 420 g/mol. The maximum Gasteiger partial charge on any atom is 0.308 e. The first-order valence-corrected chi connectivity index (χ1v) is 9.79. The van der Waals surface area contributed by atoms with Gasteiger partial charge in [-0.3, -0.25) is 9.59 Å². The highest BCUT2D eigenvalue weighted by atomic mass is 35.5. The van der Waals surface area contributed by atoms with Crippen LogP contribution in [0.25, 0.3) is 22.8 Å². The summed E-state index contributed by atoms with van der Waals surface area (Å²) in [7, 11) is 0. The average Bonchev–Trinajstić information content (AvgIpc) is 3.17. The summed E-state index contributed by atoms with van der Waals surface area (Å²) in [4.78, 5) is 30.8. The van der Waals surface area contributed by atoms with Crippen molar-refractivity contribution in [3.63, 3.8) is 0 Å². The number of nitrogens with zero attached hydrogens (tertiary/aromatic N) is 3. The summed E-state index contributed by atoms with van der Waals surface area (Å²) in [6, 6.07) is 16.1. The van der Waals surface area contributed by atoms with E-state index in [2.05, 4.69) is 10.1 Å². The smallest absolute Gasteiger partial charge is 0.308 e. The zero-order chi connectivity index (χ0) is 21.1. The number of likely N-dealkylation sites (tertiary alicyclic amines) is 1. The number of hydrogen-bond donors (Lipinski definition) is 2. The number of benzene rings is 2. The van der Waals surface area contributed by atoms with E-state index < -0.39 is 11.9 Å². The summed E-state index contributed by atoms with van der Waals surface area (Å²) in [5, 5.41) is 13.5. The van der Waals surface area contributed by atoms with E-state index in [0.717, 1.165) is 5.56 Å². The van der Waals surface area contributed by atoms with Crippen molar-refractivity contribution in [1.29, 1.82) is 0 Å². The topological polar surface area (TPSA) is 123 Å². The standard InChI is InChI=1S/C22H22N4O4.ClH/c23-16-11-10-15(22(28)29)12-26(13-16)21(27)18-9-5-4-8-17(18)20-24-19(25-30-20)14-6-2-1-3-7-14;/h1-9,15-16H,10-13,23H2,(H,28,29);1H/t15-,16+;/m0./s1. The van der Waals surface area contributed by atoms with Gasteiger partial charge in [-0.05, 0) is 25.0 Å². The molecule has 1 amide bonds. The number of carboxylic acid groups (broad SMARTS) is 1. The van der Waals surface area contributed by atoms with Crippen LogP contribution in [-0.4, -0.2) is 51.2 Å². The molecule has 0 bridgehead atoms. The van der Waals surface area contributed by atoms with Gasteiger partial charge in [-0.25, -0.2) is 0 Å². The number of carbonyl (C=O) groups excluding carboxylic acids is 1. The molecule has 2 atom stereocenters. The molecule has 1 saturated heterocycles. The van der Waals surface area contributed by atoms with Crippen molar-refractivity contribution < 1.29 is 19.2 Å². The van der Waals surface area contributed by atoms with E-state index in [4.69, 9.17) is 10.3 Å². The molecule has 162 valence electrons. The SMILES string of the molecule is Cl.N[C@@H]1CC[C@H](C(=O)O)CN(C(=O)c2ccccc2-c2nc(-c3ccccc3)no2)C1. The fourth-order valence-electron chi connectivity index (χ4n) is 3.65. The number of hydrogen-bond acceptors (Lipinski definition) is 6. The maximum atomic E-state index is 13.3. The van der Waals surface area contributed by atoms with E-state index in [1.54, 1.807) is 24.3 Å². The summed E-state index contributed by atoms with van der Waals surface area (Å²) in [6.45, 7) is 0.422. The number of aliphatic carboxylic acids is 1. The minimum Gasteiger partial charge on any atom is -0.481 e. The summed E-state index contributed by atoms with van der Waals surface area (Å²) in [5.41, 5.74) is 7.77. The zero-order valence-corrected chi connectivity index (χ0v) is 17.5. The molecule has 8 nitrogen and oxygen atoms in total. The molecule has 1 fully saturated rings. The molecular formula is C22H23ClN4O4. The van der Waals surface area contributed by atoms with Gasteiger partial charge in [0.25, 0.3) is 11.8 Å². The minimum atomic E-state index is -0.917. The molecule has 9 heteroatoms. The summed E-state index contributed by atoms with van der Waals surface area (Å²) >= 11 is 0. The highest BCUT2D eigenvalue weighted by molar-refractivity contribution is 6.00. The van der Waals surface area contributed by atoms with Gasteiger partial charge in [-0.15, -0.1) is 12.4 Å². The molecule has 1 aliphatic rings. The molecule has 1 aliphatic heterocycles. The van der Waals surface area contributed by atoms with Gasteiger partial charge in [-0.2, -0.15) is 4.98 Å². The Balaban J connectivity index is 0.00000272. The van der Waals surface area contributed by atoms with Gasteiger partial charge >= 0.3 is 5.97 Å². The van der Waals surface area contributed by atoms with Crippen LogP contribution in [0.2, 0.25) is 0 Å². The highest BCUT2D eigenvalue weighted by Crippen LogP contribution is 2.27. The molecule has 3 N–H and O–H groups in total. The lowest BCUT2D eigenvalue weighted by Gasteiger charge is -2.25. The number of nitrogens with two attached hydrogens (primary N) is 1. The number of aromatic nitrogens is 2. The Morgan fingerprint density at radius 1 is 1.03 bits per heavy atom. The second kappa shape index (κ2) is 9.72. The molecule has 0 aliphatic carbocycles. The Morgan fingerprint density at radius 3 is 2.48 bits per heavy atom. The third-order valence-corrected chi connectivity index (χ3v) is 5.26. The molecule has 0 unspecified atom stereocenters. The molecule has 2 aromatic carbocycles. The monoisotopic (exact) mass is 442 g/mol. The van der Waals surface area contributed by atoms with Gasteiger partial charge in [0.15, 0.2) is 0 Å². The maximum absolute atomic E-state index is 13.3. The second-order valence-corrected chi connectivity index (χ2v) is 7.42. The van der Waals surface area contributed by atoms with Crippen LogP contribution in [0.1, 0.15) is 23.2 Å².